The fourth-order valence-corrected chi connectivity index (χ4v) is 3.80. The van der Waals surface area contributed by atoms with Crippen molar-refractivity contribution in [3.05, 3.63) is 82.4 Å². The molecule has 0 aliphatic rings. The third-order valence-electron chi connectivity index (χ3n) is 3.63. The molecule has 0 aliphatic heterocycles. The molecule has 9 heteroatoms. The molecule has 0 aliphatic carbocycles. The minimum atomic E-state index is -0.389. The summed E-state index contributed by atoms with van der Waals surface area (Å²) < 4.78 is 14.5. The Balaban J connectivity index is 1.82. The molecule has 0 fully saturated rings. The van der Waals surface area contributed by atoms with Gasteiger partial charge in [-0.2, -0.15) is 0 Å². The smallest absolute Gasteiger partial charge is 0.275 e. The van der Waals surface area contributed by atoms with Crippen molar-refractivity contribution in [3.8, 4) is 0 Å². The third-order valence-corrected chi connectivity index (χ3v) is 5.09. The average molecular weight is 437 g/mol. The van der Waals surface area contributed by atoms with Crippen LogP contribution in [0.3, 0.4) is 0 Å². The van der Waals surface area contributed by atoms with Crippen LogP contribution in [-0.2, 0) is 12.3 Å². The quantitative estimate of drug-likeness (QED) is 0.394. The third kappa shape index (κ3) is 5.13. The van der Waals surface area contributed by atoms with E-state index in [1.54, 1.807) is 36.4 Å². The Hall–Kier alpha value is -2.35. The van der Waals surface area contributed by atoms with E-state index >= 15 is 0 Å². The first-order valence-corrected chi connectivity index (χ1v) is 9.89. The number of rotatable bonds is 7. The predicted octanol–water partition coefficient (Wildman–Crippen LogP) is 5.45. The maximum Gasteiger partial charge on any atom is 0.275 e. The van der Waals surface area contributed by atoms with E-state index in [4.69, 9.17) is 23.2 Å². The minimum absolute atomic E-state index is 0.304. The first kappa shape index (κ1) is 20.4. The largest absolute Gasteiger partial charge is 0.321 e. The van der Waals surface area contributed by atoms with Gasteiger partial charge in [-0.3, -0.25) is 4.79 Å². The van der Waals surface area contributed by atoms with Gasteiger partial charge in [0.15, 0.2) is 5.69 Å². The summed E-state index contributed by atoms with van der Waals surface area (Å²) in [6.07, 6.45) is 1.62. The van der Waals surface area contributed by atoms with E-state index in [0.29, 0.717) is 39.4 Å². The summed E-state index contributed by atoms with van der Waals surface area (Å²) in [5.74, 6) is -0.302. The number of thioether (sulfide) groups is 1. The number of carbonyl (C=O) groups is 1. The van der Waals surface area contributed by atoms with Crippen molar-refractivity contribution in [2.24, 2.45) is 0 Å². The highest BCUT2D eigenvalue weighted by Gasteiger charge is 2.20. The van der Waals surface area contributed by atoms with E-state index < -0.39 is 0 Å². The molecule has 0 atom stereocenters. The molecule has 28 heavy (non-hydrogen) atoms. The fraction of sp³-hybridized carbons (Fsp3) is 0.105. The molecule has 1 aromatic heterocycles. The zero-order chi connectivity index (χ0) is 20.1. The maximum absolute atomic E-state index is 13.1. The molecule has 0 saturated carbocycles. The van der Waals surface area contributed by atoms with Crippen molar-refractivity contribution in [2.75, 3.05) is 5.32 Å². The highest BCUT2D eigenvalue weighted by atomic mass is 35.5. The first-order chi connectivity index (χ1) is 13.5. The van der Waals surface area contributed by atoms with Gasteiger partial charge in [0.25, 0.3) is 5.91 Å². The number of hydrogen-bond acceptors (Lipinski definition) is 4. The Labute approximate surface area is 175 Å². The molecule has 1 heterocycles. The molecular weight excluding hydrogens is 422 g/mol. The normalized spacial score (nSPS) is 10.7. The van der Waals surface area contributed by atoms with Crippen LogP contribution in [0.25, 0.3) is 0 Å². The van der Waals surface area contributed by atoms with Crippen molar-refractivity contribution in [1.29, 1.82) is 0 Å². The SMILES string of the molecule is C=CCn1nnc(CSc2ccc(F)cc2)c1C(=O)Nc1cc(Cl)cc(Cl)c1. The predicted molar refractivity (Wildman–Crippen MR) is 111 cm³/mol. The molecule has 5 nitrogen and oxygen atoms in total. The van der Waals surface area contributed by atoms with E-state index in [2.05, 4.69) is 22.2 Å². The lowest BCUT2D eigenvalue weighted by Crippen LogP contribution is -2.19. The number of halogens is 3. The molecule has 0 bridgehead atoms. The van der Waals surface area contributed by atoms with Crippen molar-refractivity contribution in [2.45, 2.75) is 17.2 Å². The number of carbonyl (C=O) groups excluding carboxylic acids is 1. The number of hydrogen-bond donors (Lipinski definition) is 1. The number of aromatic nitrogens is 3. The summed E-state index contributed by atoms with van der Waals surface area (Å²) in [6.45, 7) is 4.01. The molecule has 0 radical (unpaired) electrons. The summed E-state index contributed by atoms with van der Waals surface area (Å²) >= 11 is 13.4. The van der Waals surface area contributed by atoms with Crippen LogP contribution in [0, 0.1) is 5.82 Å². The number of nitrogens with zero attached hydrogens (tertiary/aromatic N) is 3. The van der Waals surface area contributed by atoms with Crippen molar-refractivity contribution in [3.63, 3.8) is 0 Å². The van der Waals surface area contributed by atoms with Gasteiger partial charge in [0.2, 0.25) is 0 Å². The first-order valence-electron chi connectivity index (χ1n) is 8.15. The number of amides is 1. The molecule has 2 aromatic carbocycles. The number of allylic oxidation sites excluding steroid dienone is 1. The van der Waals surface area contributed by atoms with Gasteiger partial charge in [-0.1, -0.05) is 34.5 Å². The standard InChI is InChI=1S/C19H15Cl2FN4OS/c1-2-7-26-18(19(27)23-15-9-12(20)8-13(21)10-15)17(24-25-26)11-28-16-5-3-14(22)4-6-16/h2-6,8-10H,1,7,11H2,(H,23,27). The van der Waals surface area contributed by atoms with Crippen LogP contribution in [0.4, 0.5) is 10.1 Å². The van der Waals surface area contributed by atoms with Crippen LogP contribution in [0.1, 0.15) is 16.2 Å². The van der Waals surface area contributed by atoms with Crippen molar-refractivity contribution < 1.29 is 9.18 Å². The van der Waals surface area contributed by atoms with E-state index in [1.165, 1.54) is 28.6 Å². The molecule has 0 spiro atoms. The van der Waals surface area contributed by atoms with Crippen molar-refractivity contribution in [1.82, 2.24) is 15.0 Å². The van der Waals surface area contributed by atoms with Crippen LogP contribution in [0.5, 0.6) is 0 Å². The van der Waals surface area contributed by atoms with Gasteiger partial charge in [0.05, 0.1) is 6.54 Å². The molecule has 144 valence electrons. The molecule has 3 aromatic rings. The lowest BCUT2D eigenvalue weighted by atomic mass is 10.2. The zero-order valence-electron chi connectivity index (χ0n) is 14.5. The second kappa shape index (κ2) is 9.23. The van der Waals surface area contributed by atoms with E-state index in [9.17, 15) is 9.18 Å². The van der Waals surface area contributed by atoms with Crippen LogP contribution < -0.4 is 5.32 Å². The minimum Gasteiger partial charge on any atom is -0.321 e. The summed E-state index contributed by atoms with van der Waals surface area (Å²) in [5.41, 5.74) is 1.28. The molecular formula is C19H15Cl2FN4OS. The van der Waals surface area contributed by atoms with Gasteiger partial charge in [0, 0.05) is 26.4 Å². The Morgan fingerprint density at radius 1 is 1.21 bits per heavy atom. The van der Waals surface area contributed by atoms with Crippen LogP contribution in [0.2, 0.25) is 10.0 Å². The van der Waals surface area contributed by atoms with Crippen molar-refractivity contribution >= 4 is 46.6 Å². The fourth-order valence-electron chi connectivity index (χ4n) is 2.44. The molecule has 0 unspecified atom stereocenters. The van der Waals surface area contributed by atoms with Gasteiger partial charge >= 0.3 is 0 Å². The van der Waals surface area contributed by atoms with Crippen LogP contribution >= 0.6 is 35.0 Å². The number of nitrogens with one attached hydrogen (secondary N) is 1. The summed E-state index contributed by atoms with van der Waals surface area (Å²) in [7, 11) is 0. The van der Waals surface area contributed by atoms with Gasteiger partial charge < -0.3 is 5.32 Å². The zero-order valence-corrected chi connectivity index (χ0v) is 16.9. The molecule has 1 amide bonds. The summed E-state index contributed by atoms with van der Waals surface area (Å²) in [5, 5.41) is 11.8. The maximum atomic E-state index is 13.1. The lowest BCUT2D eigenvalue weighted by molar-refractivity contribution is 0.101. The van der Waals surface area contributed by atoms with Crippen LogP contribution in [0.15, 0.2) is 60.0 Å². The highest BCUT2D eigenvalue weighted by Crippen LogP contribution is 2.26. The molecule has 1 N–H and O–H groups in total. The summed E-state index contributed by atoms with van der Waals surface area (Å²) in [6, 6.07) is 10.9. The van der Waals surface area contributed by atoms with Gasteiger partial charge in [-0.15, -0.1) is 23.4 Å². The number of benzene rings is 2. The Morgan fingerprint density at radius 3 is 2.54 bits per heavy atom. The van der Waals surface area contributed by atoms with E-state index in [0.717, 1.165) is 4.90 Å². The molecule has 0 saturated heterocycles. The van der Waals surface area contributed by atoms with Gasteiger partial charge in [-0.25, -0.2) is 9.07 Å². The van der Waals surface area contributed by atoms with E-state index in [-0.39, 0.29) is 11.7 Å². The topological polar surface area (TPSA) is 59.8 Å². The second-order valence-corrected chi connectivity index (χ2v) is 7.63. The Bertz CT molecular complexity index is 987. The lowest BCUT2D eigenvalue weighted by Gasteiger charge is -2.09. The van der Waals surface area contributed by atoms with Gasteiger partial charge in [-0.05, 0) is 42.5 Å². The molecule has 3 rings (SSSR count). The average Bonchev–Trinajstić information content (AvgIpc) is 3.03. The Morgan fingerprint density at radius 2 is 1.89 bits per heavy atom. The second-order valence-electron chi connectivity index (χ2n) is 5.71. The highest BCUT2D eigenvalue weighted by molar-refractivity contribution is 7.98. The monoisotopic (exact) mass is 436 g/mol. The van der Waals surface area contributed by atoms with Gasteiger partial charge in [0.1, 0.15) is 11.5 Å². The Kier molecular flexibility index (Phi) is 6.72. The summed E-state index contributed by atoms with van der Waals surface area (Å²) in [4.78, 5) is 13.7. The van der Waals surface area contributed by atoms with E-state index in [1.807, 2.05) is 0 Å². The van der Waals surface area contributed by atoms with Crippen LogP contribution in [-0.4, -0.2) is 20.9 Å². The number of anilines is 1.